The molecule has 0 saturated carbocycles. The van der Waals surface area contributed by atoms with Gasteiger partial charge in [-0.15, -0.1) is 0 Å². The summed E-state index contributed by atoms with van der Waals surface area (Å²) in [5.41, 5.74) is 2.05. The van der Waals surface area contributed by atoms with Gasteiger partial charge in [0.15, 0.2) is 0 Å². The van der Waals surface area contributed by atoms with Gasteiger partial charge >= 0.3 is 0 Å². The quantitative estimate of drug-likeness (QED) is 0.875. The Labute approximate surface area is 130 Å². The fourth-order valence-corrected chi connectivity index (χ4v) is 2.44. The van der Waals surface area contributed by atoms with Crippen LogP contribution >= 0.6 is 0 Å². The van der Waals surface area contributed by atoms with Crippen LogP contribution in [0.5, 0.6) is 5.75 Å². The Hall–Kier alpha value is -2.07. The average molecular weight is 301 g/mol. The number of anilines is 1. The highest BCUT2D eigenvalue weighted by Gasteiger charge is 2.15. The Morgan fingerprint density at radius 2 is 1.86 bits per heavy atom. The van der Waals surface area contributed by atoms with Crippen LogP contribution in [0, 0.1) is 5.82 Å². The monoisotopic (exact) mass is 301 g/mol. The standard InChI is InChI=1S/C18H20FNO2/c19-15-5-7-16(8-6-15)20-12-14-3-9-17(10-4-14)22-13-18-2-1-11-21-18/h3-10,18,20H,1-2,11-13H2. The van der Waals surface area contributed by atoms with Gasteiger partial charge in [-0.1, -0.05) is 12.1 Å². The van der Waals surface area contributed by atoms with Crippen LogP contribution in [0.2, 0.25) is 0 Å². The van der Waals surface area contributed by atoms with E-state index in [0.29, 0.717) is 13.2 Å². The first kappa shape index (κ1) is 14.9. The van der Waals surface area contributed by atoms with Crippen molar-refractivity contribution in [1.82, 2.24) is 0 Å². The maximum Gasteiger partial charge on any atom is 0.123 e. The normalized spacial score (nSPS) is 17.4. The molecule has 0 aromatic heterocycles. The molecule has 1 atom stereocenters. The lowest BCUT2D eigenvalue weighted by atomic mass is 10.2. The van der Waals surface area contributed by atoms with E-state index in [0.717, 1.165) is 36.4 Å². The van der Waals surface area contributed by atoms with E-state index in [9.17, 15) is 4.39 Å². The zero-order chi connectivity index (χ0) is 15.2. The van der Waals surface area contributed by atoms with Crippen LogP contribution in [0.15, 0.2) is 48.5 Å². The molecule has 1 unspecified atom stereocenters. The first-order valence-electron chi connectivity index (χ1n) is 7.62. The first-order valence-corrected chi connectivity index (χ1v) is 7.62. The van der Waals surface area contributed by atoms with Gasteiger partial charge in [0.25, 0.3) is 0 Å². The zero-order valence-electron chi connectivity index (χ0n) is 12.4. The predicted molar refractivity (Wildman–Crippen MR) is 84.6 cm³/mol. The van der Waals surface area contributed by atoms with Crippen LogP contribution < -0.4 is 10.1 Å². The average Bonchev–Trinajstić information content (AvgIpc) is 3.07. The van der Waals surface area contributed by atoms with Gasteiger partial charge in [0, 0.05) is 18.8 Å². The molecule has 1 saturated heterocycles. The van der Waals surface area contributed by atoms with Crippen molar-refractivity contribution < 1.29 is 13.9 Å². The van der Waals surface area contributed by atoms with Crippen molar-refractivity contribution in [3.05, 3.63) is 59.9 Å². The minimum Gasteiger partial charge on any atom is -0.491 e. The van der Waals surface area contributed by atoms with E-state index in [1.807, 2.05) is 24.3 Å². The number of hydrogen-bond donors (Lipinski definition) is 1. The molecule has 0 aliphatic carbocycles. The topological polar surface area (TPSA) is 30.5 Å². The Morgan fingerprint density at radius 3 is 2.55 bits per heavy atom. The Bertz CT molecular complexity index is 577. The highest BCUT2D eigenvalue weighted by atomic mass is 19.1. The van der Waals surface area contributed by atoms with Crippen molar-refractivity contribution in [1.29, 1.82) is 0 Å². The highest BCUT2D eigenvalue weighted by molar-refractivity contribution is 5.43. The van der Waals surface area contributed by atoms with Gasteiger partial charge in [-0.3, -0.25) is 0 Å². The summed E-state index contributed by atoms with van der Waals surface area (Å²) in [5, 5.41) is 3.26. The Kier molecular flexibility index (Phi) is 4.91. The van der Waals surface area contributed by atoms with Crippen LogP contribution in [0.3, 0.4) is 0 Å². The van der Waals surface area contributed by atoms with E-state index in [2.05, 4.69) is 5.32 Å². The fourth-order valence-electron chi connectivity index (χ4n) is 2.44. The van der Waals surface area contributed by atoms with Crippen LogP contribution in [0.25, 0.3) is 0 Å². The van der Waals surface area contributed by atoms with E-state index in [4.69, 9.17) is 9.47 Å². The minimum absolute atomic E-state index is 0.224. The van der Waals surface area contributed by atoms with Gasteiger partial charge in [-0.25, -0.2) is 4.39 Å². The predicted octanol–water partition coefficient (Wildman–Crippen LogP) is 4.00. The molecule has 2 aromatic rings. The lowest BCUT2D eigenvalue weighted by Gasteiger charge is -2.12. The summed E-state index contributed by atoms with van der Waals surface area (Å²) in [5.74, 6) is 0.638. The molecule has 1 fully saturated rings. The second-order valence-electron chi connectivity index (χ2n) is 5.45. The summed E-state index contributed by atoms with van der Waals surface area (Å²) in [7, 11) is 0. The maximum atomic E-state index is 12.8. The third-order valence-corrected chi connectivity index (χ3v) is 3.72. The molecule has 1 N–H and O–H groups in total. The largest absolute Gasteiger partial charge is 0.491 e. The number of nitrogens with one attached hydrogen (secondary N) is 1. The summed E-state index contributed by atoms with van der Waals surface area (Å²) >= 11 is 0. The molecule has 1 aliphatic heterocycles. The third-order valence-electron chi connectivity index (χ3n) is 3.72. The van der Waals surface area contributed by atoms with Crippen molar-refractivity contribution in [2.45, 2.75) is 25.5 Å². The minimum atomic E-state index is -0.224. The molecule has 3 nitrogen and oxygen atoms in total. The van der Waals surface area contributed by atoms with Crippen molar-refractivity contribution in [2.75, 3.05) is 18.5 Å². The van der Waals surface area contributed by atoms with Gasteiger partial charge in [0.1, 0.15) is 18.2 Å². The van der Waals surface area contributed by atoms with Gasteiger partial charge in [-0.2, -0.15) is 0 Å². The highest BCUT2D eigenvalue weighted by Crippen LogP contribution is 2.17. The van der Waals surface area contributed by atoms with Crippen LogP contribution in [-0.2, 0) is 11.3 Å². The molecule has 3 rings (SSSR count). The van der Waals surface area contributed by atoms with E-state index in [1.54, 1.807) is 12.1 Å². The van der Waals surface area contributed by atoms with Gasteiger partial charge in [0.2, 0.25) is 0 Å². The molecule has 0 radical (unpaired) electrons. The number of benzene rings is 2. The van der Waals surface area contributed by atoms with Crippen molar-refractivity contribution >= 4 is 5.69 Å². The second kappa shape index (κ2) is 7.27. The Morgan fingerprint density at radius 1 is 1.09 bits per heavy atom. The van der Waals surface area contributed by atoms with Crippen molar-refractivity contribution in [2.24, 2.45) is 0 Å². The fraction of sp³-hybridized carbons (Fsp3) is 0.333. The van der Waals surface area contributed by atoms with E-state index in [-0.39, 0.29) is 11.9 Å². The van der Waals surface area contributed by atoms with Crippen LogP contribution in [0.4, 0.5) is 10.1 Å². The summed E-state index contributed by atoms with van der Waals surface area (Å²) < 4.78 is 24.1. The molecule has 116 valence electrons. The molecule has 22 heavy (non-hydrogen) atoms. The number of hydrogen-bond acceptors (Lipinski definition) is 3. The first-order chi connectivity index (χ1) is 10.8. The molecule has 1 aliphatic rings. The molecule has 0 bridgehead atoms. The number of rotatable bonds is 6. The van der Waals surface area contributed by atoms with Gasteiger partial charge in [0.05, 0.1) is 6.10 Å². The molecule has 1 heterocycles. The number of ether oxygens (including phenoxy) is 2. The summed E-state index contributed by atoms with van der Waals surface area (Å²) in [6, 6.07) is 14.4. The van der Waals surface area contributed by atoms with Crippen molar-refractivity contribution in [3.8, 4) is 5.75 Å². The molecule has 0 amide bonds. The lowest BCUT2D eigenvalue weighted by molar-refractivity contribution is 0.0679. The van der Waals surface area contributed by atoms with Gasteiger partial charge in [-0.05, 0) is 54.8 Å². The molecule has 0 spiro atoms. The molecular weight excluding hydrogens is 281 g/mol. The Balaban J connectivity index is 1.47. The number of halogens is 1. The van der Waals surface area contributed by atoms with Gasteiger partial charge < -0.3 is 14.8 Å². The van der Waals surface area contributed by atoms with Crippen LogP contribution in [-0.4, -0.2) is 19.3 Å². The maximum absolute atomic E-state index is 12.8. The summed E-state index contributed by atoms with van der Waals surface area (Å²) in [6.45, 7) is 2.16. The van der Waals surface area contributed by atoms with E-state index < -0.39 is 0 Å². The zero-order valence-corrected chi connectivity index (χ0v) is 12.4. The second-order valence-corrected chi connectivity index (χ2v) is 5.45. The van der Waals surface area contributed by atoms with Crippen LogP contribution in [0.1, 0.15) is 18.4 Å². The lowest BCUT2D eigenvalue weighted by Crippen LogP contribution is -2.16. The third kappa shape index (κ3) is 4.21. The SMILES string of the molecule is Fc1ccc(NCc2ccc(OCC3CCCO3)cc2)cc1. The van der Waals surface area contributed by atoms with E-state index >= 15 is 0 Å². The van der Waals surface area contributed by atoms with E-state index in [1.165, 1.54) is 12.1 Å². The summed E-state index contributed by atoms with van der Waals surface area (Å²) in [4.78, 5) is 0. The molecule has 2 aromatic carbocycles. The molecular formula is C18H20FNO2. The summed E-state index contributed by atoms with van der Waals surface area (Å²) in [6.07, 6.45) is 2.45. The smallest absolute Gasteiger partial charge is 0.123 e. The molecule has 4 heteroatoms. The van der Waals surface area contributed by atoms with Crippen molar-refractivity contribution in [3.63, 3.8) is 0 Å².